The third kappa shape index (κ3) is 4.70. The molecule has 252 valence electrons. The van der Waals surface area contributed by atoms with Gasteiger partial charge in [0.1, 0.15) is 0 Å². The first-order valence-corrected chi connectivity index (χ1v) is 18.3. The second-order valence-corrected chi connectivity index (χ2v) is 13.8. The van der Waals surface area contributed by atoms with Gasteiger partial charge in [-0.3, -0.25) is 0 Å². The molecule has 8 aromatic carbocycles. The van der Waals surface area contributed by atoms with Crippen LogP contribution in [0.5, 0.6) is 0 Å². The summed E-state index contributed by atoms with van der Waals surface area (Å²) in [4.78, 5) is 10.5. The maximum Gasteiger partial charge on any atom is 0.160 e. The lowest BCUT2D eigenvalue weighted by molar-refractivity contribution is 1.15. The summed E-state index contributed by atoms with van der Waals surface area (Å²) in [6.07, 6.45) is 0. The lowest BCUT2D eigenvalue weighted by Crippen LogP contribution is -2.01. The van der Waals surface area contributed by atoms with E-state index in [1.165, 1.54) is 38.0 Å². The highest BCUT2D eigenvalue weighted by Gasteiger charge is 2.21. The van der Waals surface area contributed by atoms with Crippen molar-refractivity contribution in [2.45, 2.75) is 0 Å². The normalized spacial score (nSPS) is 11.7. The van der Waals surface area contributed by atoms with Crippen LogP contribution < -0.4 is 0 Å². The van der Waals surface area contributed by atoms with E-state index in [-0.39, 0.29) is 0 Å². The Morgan fingerprint density at radius 2 is 0.870 bits per heavy atom. The van der Waals surface area contributed by atoms with Crippen LogP contribution in [-0.2, 0) is 0 Å². The highest BCUT2D eigenvalue weighted by Crippen LogP contribution is 2.41. The molecular formula is C50H32N4. The number of aromatic nitrogens is 4. The minimum atomic E-state index is 0.696. The molecule has 3 heterocycles. The number of hydrogen-bond donors (Lipinski definition) is 0. The molecule has 0 saturated carbocycles. The summed E-state index contributed by atoms with van der Waals surface area (Å²) in [6, 6.07) is 69.0. The van der Waals surface area contributed by atoms with Gasteiger partial charge >= 0.3 is 0 Å². The third-order valence-electron chi connectivity index (χ3n) is 10.7. The number of nitrogens with zero attached hydrogens (tertiary/aromatic N) is 4. The van der Waals surface area contributed by atoms with Crippen LogP contribution in [0.1, 0.15) is 0 Å². The summed E-state index contributed by atoms with van der Waals surface area (Å²) in [6.45, 7) is 0. The van der Waals surface area contributed by atoms with Crippen molar-refractivity contribution in [2.75, 3.05) is 0 Å². The maximum atomic E-state index is 5.31. The SMILES string of the molecule is c1ccc(-c2nc(-c3ccccc3-n3c4ccccc4c4cc5c6ccccc6n(-c6ccccc6)c5cc43)cc(-c3cccc4ccccc34)n2)cc1. The number of fused-ring (bicyclic) bond motifs is 7. The van der Waals surface area contributed by atoms with Crippen LogP contribution in [0.15, 0.2) is 194 Å². The molecule has 0 aliphatic carbocycles. The van der Waals surface area contributed by atoms with Crippen LogP contribution in [0.3, 0.4) is 0 Å². The van der Waals surface area contributed by atoms with Crippen LogP contribution in [0.25, 0.3) is 99.7 Å². The minimum absolute atomic E-state index is 0.696. The van der Waals surface area contributed by atoms with Crippen LogP contribution in [0.4, 0.5) is 0 Å². The number of hydrogen-bond acceptors (Lipinski definition) is 2. The molecule has 54 heavy (non-hydrogen) atoms. The van der Waals surface area contributed by atoms with Crippen molar-refractivity contribution in [1.82, 2.24) is 19.1 Å². The molecule has 0 spiro atoms. The molecule has 0 aliphatic rings. The minimum Gasteiger partial charge on any atom is -0.309 e. The second-order valence-electron chi connectivity index (χ2n) is 13.8. The van der Waals surface area contributed by atoms with Crippen LogP contribution in [-0.4, -0.2) is 19.1 Å². The summed E-state index contributed by atoms with van der Waals surface area (Å²) < 4.78 is 4.82. The molecule has 4 nitrogen and oxygen atoms in total. The first-order chi connectivity index (χ1) is 26.8. The van der Waals surface area contributed by atoms with Crippen molar-refractivity contribution in [3.63, 3.8) is 0 Å². The van der Waals surface area contributed by atoms with Gasteiger partial charge in [0.15, 0.2) is 5.82 Å². The van der Waals surface area contributed by atoms with Gasteiger partial charge in [0, 0.05) is 43.9 Å². The molecule has 0 unspecified atom stereocenters. The van der Waals surface area contributed by atoms with Crippen LogP contribution >= 0.6 is 0 Å². The maximum absolute atomic E-state index is 5.31. The summed E-state index contributed by atoms with van der Waals surface area (Å²) >= 11 is 0. The molecule has 0 aliphatic heterocycles. The van der Waals surface area contributed by atoms with Crippen LogP contribution in [0, 0.1) is 0 Å². The molecule has 0 N–H and O–H groups in total. The van der Waals surface area contributed by atoms with Crippen molar-refractivity contribution in [1.29, 1.82) is 0 Å². The molecule has 0 atom stereocenters. The summed E-state index contributed by atoms with van der Waals surface area (Å²) in [5, 5.41) is 7.25. The third-order valence-corrected chi connectivity index (χ3v) is 10.7. The Labute approximate surface area is 311 Å². The summed E-state index contributed by atoms with van der Waals surface area (Å²) in [5.74, 6) is 0.696. The highest BCUT2D eigenvalue weighted by atomic mass is 15.0. The Bertz CT molecular complexity index is 3200. The van der Waals surface area contributed by atoms with E-state index >= 15 is 0 Å². The van der Waals surface area contributed by atoms with E-state index < -0.39 is 0 Å². The fraction of sp³-hybridized carbons (Fsp3) is 0. The number of rotatable bonds is 5. The first-order valence-electron chi connectivity index (χ1n) is 18.3. The Morgan fingerprint density at radius 1 is 0.333 bits per heavy atom. The molecular weight excluding hydrogens is 657 g/mol. The van der Waals surface area contributed by atoms with Crippen molar-refractivity contribution < 1.29 is 0 Å². The molecule has 11 rings (SSSR count). The van der Waals surface area contributed by atoms with Crippen LogP contribution in [0.2, 0.25) is 0 Å². The molecule has 0 saturated heterocycles. The van der Waals surface area contributed by atoms with Gasteiger partial charge in [0.2, 0.25) is 0 Å². The van der Waals surface area contributed by atoms with E-state index in [0.717, 1.165) is 55.9 Å². The molecule has 0 bridgehead atoms. The number of benzene rings is 8. The van der Waals surface area contributed by atoms with E-state index in [1.54, 1.807) is 0 Å². The van der Waals surface area contributed by atoms with Crippen molar-refractivity contribution in [3.05, 3.63) is 194 Å². The predicted octanol–water partition coefficient (Wildman–Crippen LogP) is 12.8. The monoisotopic (exact) mass is 688 g/mol. The smallest absolute Gasteiger partial charge is 0.160 e. The van der Waals surface area contributed by atoms with Gasteiger partial charge in [-0.05, 0) is 59.3 Å². The Balaban J connectivity index is 1.21. The van der Waals surface area contributed by atoms with E-state index in [4.69, 9.17) is 9.97 Å². The lowest BCUT2D eigenvalue weighted by atomic mass is 10.00. The van der Waals surface area contributed by atoms with E-state index in [0.29, 0.717) is 5.82 Å². The van der Waals surface area contributed by atoms with Crippen molar-refractivity contribution >= 4 is 54.4 Å². The van der Waals surface area contributed by atoms with E-state index in [2.05, 4.69) is 185 Å². The highest BCUT2D eigenvalue weighted by molar-refractivity contribution is 6.19. The summed E-state index contributed by atoms with van der Waals surface area (Å²) in [7, 11) is 0. The predicted molar refractivity (Wildman–Crippen MR) is 225 cm³/mol. The summed E-state index contributed by atoms with van der Waals surface area (Å²) in [5.41, 5.74) is 11.7. The molecule has 3 aromatic heterocycles. The van der Waals surface area contributed by atoms with Crippen molar-refractivity contribution in [3.8, 4) is 45.3 Å². The Kier molecular flexibility index (Phi) is 6.82. The standard InChI is InChI=1S/C50H32N4/c1-3-17-34(18-4-1)50-51-43(37-26-15-19-33-16-7-8-22-36(33)37)31-44(52-50)40-25-11-14-29-47(40)54-46-28-13-10-24-39(46)42-30-41-38-23-9-12-27-45(38)53(48(41)32-49(42)54)35-20-5-2-6-21-35/h1-32H. The van der Waals surface area contributed by atoms with Gasteiger partial charge in [0.05, 0.1) is 39.1 Å². The average Bonchev–Trinajstić information content (AvgIpc) is 3.75. The molecule has 11 aromatic rings. The zero-order valence-electron chi connectivity index (χ0n) is 29.3. The lowest BCUT2D eigenvalue weighted by Gasteiger charge is -2.16. The molecule has 0 amide bonds. The van der Waals surface area contributed by atoms with Gasteiger partial charge < -0.3 is 9.13 Å². The Hall–Kier alpha value is -7.30. The Morgan fingerprint density at radius 3 is 1.63 bits per heavy atom. The molecule has 0 radical (unpaired) electrons. The molecule has 4 heteroatoms. The average molecular weight is 689 g/mol. The zero-order valence-corrected chi connectivity index (χ0v) is 29.3. The van der Waals surface area contributed by atoms with Gasteiger partial charge in [-0.2, -0.15) is 0 Å². The van der Waals surface area contributed by atoms with E-state index in [1.807, 2.05) is 18.2 Å². The fourth-order valence-electron chi connectivity index (χ4n) is 8.32. The van der Waals surface area contributed by atoms with Gasteiger partial charge in [-0.15, -0.1) is 0 Å². The first kappa shape index (κ1) is 30.3. The number of para-hydroxylation sites is 4. The quantitative estimate of drug-likeness (QED) is 0.180. The largest absolute Gasteiger partial charge is 0.309 e. The van der Waals surface area contributed by atoms with Gasteiger partial charge in [0.25, 0.3) is 0 Å². The topological polar surface area (TPSA) is 35.6 Å². The van der Waals surface area contributed by atoms with Crippen molar-refractivity contribution in [2.24, 2.45) is 0 Å². The zero-order chi connectivity index (χ0) is 35.6. The second kappa shape index (κ2) is 12.1. The van der Waals surface area contributed by atoms with Gasteiger partial charge in [-0.1, -0.05) is 146 Å². The van der Waals surface area contributed by atoms with E-state index in [9.17, 15) is 0 Å². The molecule has 0 fully saturated rings. The fourth-order valence-corrected chi connectivity index (χ4v) is 8.32. The van der Waals surface area contributed by atoms with Gasteiger partial charge in [-0.25, -0.2) is 9.97 Å².